The van der Waals surface area contributed by atoms with Crippen LogP contribution in [-0.2, 0) is 4.79 Å². The van der Waals surface area contributed by atoms with Gasteiger partial charge in [0.1, 0.15) is 11.2 Å². The molecule has 182 valence electrons. The van der Waals surface area contributed by atoms with E-state index in [4.69, 9.17) is 4.98 Å². The van der Waals surface area contributed by atoms with E-state index in [0.29, 0.717) is 17.9 Å². The van der Waals surface area contributed by atoms with E-state index in [0.717, 1.165) is 64.0 Å². The van der Waals surface area contributed by atoms with Crippen LogP contribution < -0.4 is 10.2 Å². The first kappa shape index (κ1) is 22.2. The minimum atomic E-state index is -0.00711. The highest BCUT2D eigenvalue weighted by Gasteiger charge is 2.19. The zero-order chi connectivity index (χ0) is 24.5. The lowest BCUT2D eigenvalue weighted by Crippen LogP contribution is -2.29. The molecular weight excluding hydrogens is 452 g/mol. The Labute approximate surface area is 208 Å². The van der Waals surface area contributed by atoms with Crippen molar-refractivity contribution in [2.75, 3.05) is 23.3 Å². The number of aromatic nitrogens is 6. The van der Waals surface area contributed by atoms with E-state index in [2.05, 4.69) is 41.4 Å². The monoisotopic (exact) mass is 480 g/mol. The van der Waals surface area contributed by atoms with Gasteiger partial charge in [-0.1, -0.05) is 13.0 Å². The first-order chi connectivity index (χ1) is 17.7. The van der Waals surface area contributed by atoms with Crippen molar-refractivity contribution in [2.24, 2.45) is 0 Å². The van der Waals surface area contributed by atoms with Gasteiger partial charge in [0.15, 0.2) is 5.82 Å². The van der Waals surface area contributed by atoms with Gasteiger partial charge in [0.2, 0.25) is 5.91 Å². The van der Waals surface area contributed by atoms with Crippen LogP contribution >= 0.6 is 0 Å². The Morgan fingerprint density at radius 3 is 2.72 bits per heavy atom. The molecule has 9 heteroatoms. The first-order valence-corrected chi connectivity index (χ1v) is 12.5. The normalized spacial score (nSPS) is 14.0. The van der Waals surface area contributed by atoms with Gasteiger partial charge in [-0.05, 0) is 49.4 Å². The molecule has 0 spiro atoms. The number of fused-ring (bicyclic) bond motifs is 2. The number of hydrogen-bond donors (Lipinski definition) is 3. The predicted octanol–water partition coefficient (Wildman–Crippen LogP) is 5.29. The highest BCUT2D eigenvalue weighted by atomic mass is 16.1. The summed E-state index contributed by atoms with van der Waals surface area (Å²) in [5, 5.41) is 11.6. The molecule has 9 nitrogen and oxygen atoms in total. The van der Waals surface area contributed by atoms with Crippen LogP contribution in [0.4, 0.5) is 11.4 Å². The van der Waals surface area contributed by atoms with Crippen molar-refractivity contribution in [1.29, 1.82) is 0 Å². The molecule has 1 aliphatic rings. The summed E-state index contributed by atoms with van der Waals surface area (Å²) < 4.78 is 0. The highest BCUT2D eigenvalue weighted by Crippen LogP contribution is 2.33. The molecule has 3 N–H and O–H groups in total. The number of amides is 1. The quantitative estimate of drug-likeness (QED) is 0.304. The van der Waals surface area contributed by atoms with Gasteiger partial charge < -0.3 is 15.2 Å². The van der Waals surface area contributed by atoms with Crippen LogP contribution in [0.1, 0.15) is 39.0 Å². The molecule has 0 radical (unpaired) electrons. The van der Waals surface area contributed by atoms with Crippen molar-refractivity contribution < 1.29 is 4.79 Å². The second kappa shape index (κ2) is 9.41. The number of aromatic amines is 2. The van der Waals surface area contributed by atoms with Crippen LogP contribution in [-0.4, -0.2) is 49.1 Å². The van der Waals surface area contributed by atoms with E-state index in [1.807, 2.05) is 37.5 Å². The van der Waals surface area contributed by atoms with Crippen LogP contribution in [0, 0.1) is 0 Å². The minimum Gasteiger partial charge on any atom is -0.368 e. The third-order valence-electron chi connectivity index (χ3n) is 6.69. The minimum absolute atomic E-state index is 0.00711. The molecule has 0 unspecified atom stereocenters. The van der Waals surface area contributed by atoms with Gasteiger partial charge in [-0.2, -0.15) is 5.10 Å². The molecule has 4 aromatic heterocycles. The number of benzene rings is 1. The molecule has 5 aromatic rings. The van der Waals surface area contributed by atoms with Crippen molar-refractivity contribution in [1.82, 2.24) is 30.1 Å². The lowest BCUT2D eigenvalue weighted by molar-refractivity contribution is -0.116. The Bertz CT molecular complexity index is 1550. The topological polar surface area (TPSA) is 115 Å². The van der Waals surface area contributed by atoms with Gasteiger partial charge in [-0.25, -0.2) is 4.98 Å². The van der Waals surface area contributed by atoms with E-state index in [-0.39, 0.29) is 5.91 Å². The molecule has 1 aromatic carbocycles. The molecule has 0 aliphatic carbocycles. The highest BCUT2D eigenvalue weighted by molar-refractivity contribution is 5.97. The molecule has 0 saturated carbocycles. The number of nitrogens with zero attached hydrogens (tertiary/aromatic N) is 5. The van der Waals surface area contributed by atoms with Crippen molar-refractivity contribution in [3.8, 4) is 22.6 Å². The van der Waals surface area contributed by atoms with Crippen molar-refractivity contribution in [3.05, 3.63) is 49.1 Å². The predicted molar refractivity (Wildman–Crippen MR) is 142 cm³/mol. The number of piperidine rings is 1. The van der Waals surface area contributed by atoms with Crippen molar-refractivity contribution >= 4 is 39.2 Å². The van der Waals surface area contributed by atoms with Gasteiger partial charge >= 0.3 is 0 Å². The summed E-state index contributed by atoms with van der Waals surface area (Å²) in [6.45, 7) is 4.05. The molecule has 1 amide bonds. The van der Waals surface area contributed by atoms with Gasteiger partial charge in [0, 0.05) is 36.7 Å². The fourth-order valence-corrected chi connectivity index (χ4v) is 4.89. The Morgan fingerprint density at radius 1 is 1.00 bits per heavy atom. The summed E-state index contributed by atoms with van der Waals surface area (Å²) in [5.41, 5.74) is 7.17. The molecule has 1 fully saturated rings. The largest absolute Gasteiger partial charge is 0.368 e. The number of imidazole rings is 1. The Hall–Kier alpha value is -4.27. The number of carbonyl (C=O) groups is 1. The maximum atomic E-state index is 12.0. The fraction of sp³-hybridized carbons (Fsp3) is 0.296. The zero-order valence-corrected chi connectivity index (χ0v) is 20.2. The van der Waals surface area contributed by atoms with Crippen molar-refractivity contribution in [2.45, 2.75) is 39.0 Å². The zero-order valence-electron chi connectivity index (χ0n) is 20.2. The van der Waals surface area contributed by atoms with Crippen LogP contribution in [0.2, 0.25) is 0 Å². The molecule has 1 aliphatic heterocycles. The molecule has 1 saturated heterocycles. The SMILES string of the molecule is CCCC(=O)Nc1cncc(-c2ccc3[nH]nc(-c4nc5c(N6CCCCC6)cncc5[nH]4)c3c2)c1. The number of H-pyrrole nitrogens is 2. The maximum absolute atomic E-state index is 12.0. The summed E-state index contributed by atoms with van der Waals surface area (Å²) in [4.78, 5) is 31.6. The van der Waals surface area contributed by atoms with Crippen LogP contribution in [0.5, 0.6) is 0 Å². The summed E-state index contributed by atoms with van der Waals surface area (Å²) in [6.07, 6.45) is 12.2. The number of pyridine rings is 2. The van der Waals surface area contributed by atoms with E-state index < -0.39 is 0 Å². The van der Waals surface area contributed by atoms with Crippen LogP contribution in [0.25, 0.3) is 44.6 Å². The third-order valence-corrected chi connectivity index (χ3v) is 6.69. The van der Waals surface area contributed by atoms with E-state index in [9.17, 15) is 4.79 Å². The number of hydrogen-bond acceptors (Lipinski definition) is 6. The summed E-state index contributed by atoms with van der Waals surface area (Å²) in [7, 11) is 0. The molecule has 0 atom stereocenters. The molecule has 36 heavy (non-hydrogen) atoms. The molecular formula is C27H28N8O. The molecule has 6 rings (SSSR count). The Balaban J connectivity index is 1.37. The number of anilines is 2. The third kappa shape index (κ3) is 4.17. The van der Waals surface area contributed by atoms with E-state index in [1.54, 1.807) is 12.4 Å². The standard InChI is InChI=1S/C27H28N8O/c1-2-6-24(36)30-19-11-18(13-28-14-19)17-7-8-21-20(12-17)25(34-33-21)27-31-22-15-29-16-23(26(22)32-27)35-9-4-3-5-10-35/h7-8,11-16H,2-6,9-10H2,1H3,(H,30,36)(H,31,32)(H,33,34). The second-order valence-corrected chi connectivity index (χ2v) is 9.28. The average Bonchev–Trinajstić information content (AvgIpc) is 3.53. The first-order valence-electron chi connectivity index (χ1n) is 12.5. The Morgan fingerprint density at radius 2 is 1.86 bits per heavy atom. The summed E-state index contributed by atoms with van der Waals surface area (Å²) in [6, 6.07) is 8.06. The maximum Gasteiger partial charge on any atom is 0.224 e. The average molecular weight is 481 g/mol. The lowest BCUT2D eigenvalue weighted by atomic mass is 10.0. The summed E-state index contributed by atoms with van der Waals surface area (Å²) >= 11 is 0. The Kier molecular flexibility index (Phi) is 5.80. The van der Waals surface area contributed by atoms with Gasteiger partial charge in [-0.3, -0.25) is 19.9 Å². The lowest BCUT2D eigenvalue weighted by Gasteiger charge is -2.28. The second-order valence-electron chi connectivity index (χ2n) is 9.28. The van der Waals surface area contributed by atoms with E-state index in [1.165, 1.54) is 19.3 Å². The van der Waals surface area contributed by atoms with E-state index >= 15 is 0 Å². The van der Waals surface area contributed by atoms with Crippen LogP contribution in [0.15, 0.2) is 49.1 Å². The summed E-state index contributed by atoms with van der Waals surface area (Å²) in [5.74, 6) is 0.700. The number of carbonyl (C=O) groups excluding carboxylic acids is 1. The fourth-order valence-electron chi connectivity index (χ4n) is 4.89. The van der Waals surface area contributed by atoms with Crippen molar-refractivity contribution in [3.63, 3.8) is 0 Å². The number of nitrogens with one attached hydrogen (secondary N) is 3. The smallest absolute Gasteiger partial charge is 0.224 e. The molecule has 5 heterocycles. The van der Waals surface area contributed by atoms with Gasteiger partial charge in [-0.15, -0.1) is 0 Å². The number of rotatable bonds is 6. The van der Waals surface area contributed by atoms with Crippen LogP contribution in [0.3, 0.4) is 0 Å². The molecule has 0 bridgehead atoms. The van der Waals surface area contributed by atoms with Gasteiger partial charge in [0.25, 0.3) is 0 Å². The van der Waals surface area contributed by atoms with Gasteiger partial charge in [0.05, 0.1) is 41.0 Å².